The van der Waals surface area contributed by atoms with Crippen molar-refractivity contribution >= 4 is 59.9 Å². The number of halogens is 3. The minimum Gasteiger partial charge on any atom is -0.506 e. The summed E-state index contributed by atoms with van der Waals surface area (Å²) in [4.78, 5) is 11.6. The van der Waals surface area contributed by atoms with Gasteiger partial charge in [0.15, 0.2) is 6.61 Å². The summed E-state index contributed by atoms with van der Waals surface area (Å²) in [6.45, 7) is -0.137. The monoisotopic (exact) mass is 504 g/mol. The van der Waals surface area contributed by atoms with Crippen LogP contribution >= 0.6 is 47.8 Å². The number of amides is 1. The van der Waals surface area contributed by atoms with Crippen molar-refractivity contribution in [3.8, 4) is 11.5 Å². The Bertz CT molecular complexity index is 710. The van der Waals surface area contributed by atoms with Crippen LogP contribution in [0.1, 0.15) is 5.56 Å². The van der Waals surface area contributed by atoms with Gasteiger partial charge in [-0.2, -0.15) is 5.10 Å². The van der Waals surface area contributed by atoms with Crippen molar-refractivity contribution in [3.63, 3.8) is 0 Å². The van der Waals surface area contributed by atoms with Crippen LogP contribution in [0.2, 0.25) is 0 Å². The molecule has 0 aromatic heterocycles. The summed E-state index contributed by atoms with van der Waals surface area (Å²) in [7, 11) is 0. The van der Waals surface area contributed by atoms with Crippen molar-refractivity contribution in [2.75, 3.05) is 6.61 Å². The minimum absolute atomic E-state index is 0.106. The van der Waals surface area contributed by atoms with Gasteiger partial charge in [0, 0.05) is 4.47 Å². The number of ether oxygens (including phenoxy) is 1. The van der Waals surface area contributed by atoms with Gasteiger partial charge in [-0.25, -0.2) is 5.43 Å². The summed E-state index contributed by atoms with van der Waals surface area (Å²) in [5, 5.41) is 13.5. The molecule has 0 saturated heterocycles. The molecule has 120 valence electrons. The van der Waals surface area contributed by atoms with E-state index in [1.165, 1.54) is 6.21 Å². The van der Waals surface area contributed by atoms with Crippen molar-refractivity contribution in [1.82, 2.24) is 5.43 Å². The Labute approximate surface area is 158 Å². The molecule has 0 heterocycles. The van der Waals surface area contributed by atoms with Gasteiger partial charge in [0.05, 0.1) is 15.2 Å². The van der Waals surface area contributed by atoms with E-state index in [0.717, 1.165) is 4.47 Å². The van der Waals surface area contributed by atoms with Crippen molar-refractivity contribution in [3.05, 3.63) is 55.4 Å². The number of rotatable bonds is 5. The first-order chi connectivity index (χ1) is 11.0. The fraction of sp³-hybridized carbons (Fsp3) is 0.0667. The predicted octanol–water partition coefficient (Wildman–Crippen LogP) is 4.21. The zero-order valence-electron chi connectivity index (χ0n) is 11.6. The molecule has 0 unspecified atom stereocenters. The molecule has 0 radical (unpaired) electrons. The molecule has 0 bridgehead atoms. The quantitative estimate of drug-likeness (QED) is 0.471. The molecule has 0 atom stereocenters. The molecule has 2 N–H and O–H groups in total. The van der Waals surface area contributed by atoms with Gasteiger partial charge in [-0.15, -0.1) is 0 Å². The average Bonchev–Trinajstić information content (AvgIpc) is 2.52. The standard InChI is InChI=1S/C15H11Br3N2O3/c16-10-1-3-11(4-2-10)23-8-14(21)20-19-7-9-5-12(17)15(22)13(18)6-9/h1-7,22H,8H2,(H,20,21)/b19-7+. The first kappa shape index (κ1) is 18.0. The molecule has 0 fully saturated rings. The van der Waals surface area contributed by atoms with Crippen LogP contribution in [0, 0.1) is 0 Å². The highest BCUT2D eigenvalue weighted by atomic mass is 79.9. The third-order valence-electron chi connectivity index (χ3n) is 2.63. The van der Waals surface area contributed by atoms with Gasteiger partial charge >= 0.3 is 0 Å². The van der Waals surface area contributed by atoms with Gasteiger partial charge in [0.25, 0.3) is 5.91 Å². The number of hydrogen-bond acceptors (Lipinski definition) is 4. The van der Waals surface area contributed by atoms with Crippen LogP contribution < -0.4 is 10.2 Å². The minimum atomic E-state index is -0.374. The van der Waals surface area contributed by atoms with Gasteiger partial charge in [-0.3, -0.25) is 4.79 Å². The second-order valence-corrected chi connectivity index (χ2v) is 6.99. The first-order valence-electron chi connectivity index (χ1n) is 6.34. The second kappa shape index (κ2) is 8.47. The van der Waals surface area contributed by atoms with E-state index in [4.69, 9.17) is 4.74 Å². The van der Waals surface area contributed by atoms with E-state index in [1.807, 2.05) is 12.1 Å². The summed E-state index contributed by atoms with van der Waals surface area (Å²) in [5.41, 5.74) is 3.07. The molecule has 0 saturated carbocycles. The lowest BCUT2D eigenvalue weighted by atomic mass is 10.2. The molecule has 0 aliphatic heterocycles. The maximum Gasteiger partial charge on any atom is 0.277 e. The van der Waals surface area contributed by atoms with Crippen molar-refractivity contribution in [2.24, 2.45) is 5.10 Å². The molecule has 0 aliphatic rings. The van der Waals surface area contributed by atoms with Crippen LogP contribution in [0.25, 0.3) is 0 Å². The van der Waals surface area contributed by atoms with E-state index in [1.54, 1.807) is 24.3 Å². The number of nitrogens with zero attached hydrogens (tertiary/aromatic N) is 1. The Morgan fingerprint density at radius 1 is 1.17 bits per heavy atom. The number of hydrazone groups is 1. The van der Waals surface area contributed by atoms with Gasteiger partial charge in [0.1, 0.15) is 11.5 Å². The normalized spacial score (nSPS) is 10.7. The maximum atomic E-state index is 11.6. The third kappa shape index (κ3) is 5.63. The van der Waals surface area contributed by atoms with Gasteiger partial charge < -0.3 is 9.84 Å². The number of benzene rings is 2. The molecule has 1 amide bonds. The molecule has 8 heteroatoms. The number of phenols is 1. The molecule has 2 aromatic carbocycles. The topological polar surface area (TPSA) is 70.9 Å². The summed E-state index contributed by atoms with van der Waals surface area (Å²) in [5.74, 6) is 0.328. The predicted molar refractivity (Wildman–Crippen MR) is 98.9 cm³/mol. The largest absolute Gasteiger partial charge is 0.506 e. The van der Waals surface area contributed by atoms with Crippen LogP contribution in [0.15, 0.2) is 54.9 Å². The van der Waals surface area contributed by atoms with E-state index in [0.29, 0.717) is 20.3 Å². The number of carbonyl (C=O) groups excluding carboxylic acids is 1. The van der Waals surface area contributed by atoms with Crippen molar-refractivity contribution in [2.45, 2.75) is 0 Å². The van der Waals surface area contributed by atoms with Gasteiger partial charge in [0.2, 0.25) is 0 Å². The lowest BCUT2D eigenvalue weighted by Gasteiger charge is -2.05. The maximum absolute atomic E-state index is 11.6. The summed E-state index contributed by atoms with van der Waals surface area (Å²) < 4.78 is 7.31. The SMILES string of the molecule is O=C(COc1ccc(Br)cc1)N/N=C/c1cc(Br)c(O)c(Br)c1. The van der Waals surface area contributed by atoms with Crippen molar-refractivity contribution < 1.29 is 14.6 Å². The van der Waals surface area contributed by atoms with E-state index >= 15 is 0 Å². The Balaban J connectivity index is 1.85. The number of nitrogens with one attached hydrogen (secondary N) is 1. The van der Waals surface area contributed by atoms with E-state index in [-0.39, 0.29) is 18.3 Å². The Morgan fingerprint density at radius 3 is 2.39 bits per heavy atom. The molecule has 23 heavy (non-hydrogen) atoms. The van der Waals surface area contributed by atoms with Crippen LogP contribution in [0.3, 0.4) is 0 Å². The number of hydrogen-bond donors (Lipinski definition) is 2. The highest BCUT2D eigenvalue weighted by Gasteiger charge is 2.05. The molecule has 5 nitrogen and oxygen atoms in total. The zero-order valence-corrected chi connectivity index (χ0v) is 16.4. The Kier molecular flexibility index (Phi) is 6.61. The van der Waals surface area contributed by atoms with Crippen LogP contribution in [-0.4, -0.2) is 23.8 Å². The van der Waals surface area contributed by atoms with E-state index < -0.39 is 0 Å². The summed E-state index contributed by atoms with van der Waals surface area (Å²) in [6, 6.07) is 10.5. The molecule has 0 spiro atoms. The van der Waals surface area contributed by atoms with Gasteiger partial charge in [-0.05, 0) is 73.8 Å². The van der Waals surface area contributed by atoms with Crippen LogP contribution in [0.5, 0.6) is 11.5 Å². The highest BCUT2D eigenvalue weighted by Crippen LogP contribution is 2.32. The highest BCUT2D eigenvalue weighted by molar-refractivity contribution is 9.11. The van der Waals surface area contributed by atoms with Crippen molar-refractivity contribution in [1.29, 1.82) is 0 Å². The summed E-state index contributed by atoms with van der Waals surface area (Å²) in [6.07, 6.45) is 1.46. The Hall–Kier alpha value is -1.38. The van der Waals surface area contributed by atoms with E-state index in [9.17, 15) is 9.90 Å². The van der Waals surface area contributed by atoms with Crippen LogP contribution in [-0.2, 0) is 4.79 Å². The fourth-order valence-corrected chi connectivity index (χ4v) is 3.04. The number of carbonyl (C=O) groups is 1. The lowest BCUT2D eigenvalue weighted by molar-refractivity contribution is -0.123. The average molecular weight is 507 g/mol. The van der Waals surface area contributed by atoms with E-state index in [2.05, 4.69) is 58.3 Å². The number of phenolic OH excluding ortho intramolecular Hbond substituents is 1. The smallest absolute Gasteiger partial charge is 0.277 e. The molecule has 0 aliphatic carbocycles. The molecule has 2 rings (SSSR count). The zero-order chi connectivity index (χ0) is 16.8. The fourth-order valence-electron chi connectivity index (χ4n) is 1.55. The molecular formula is C15H11Br3N2O3. The second-order valence-electron chi connectivity index (χ2n) is 4.37. The first-order valence-corrected chi connectivity index (χ1v) is 8.72. The molecule has 2 aromatic rings. The molecular weight excluding hydrogens is 496 g/mol. The third-order valence-corrected chi connectivity index (χ3v) is 4.36. The number of aromatic hydroxyl groups is 1. The Morgan fingerprint density at radius 2 is 1.78 bits per heavy atom. The van der Waals surface area contributed by atoms with Gasteiger partial charge in [-0.1, -0.05) is 15.9 Å². The summed E-state index contributed by atoms with van der Waals surface area (Å²) >= 11 is 9.76. The van der Waals surface area contributed by atoms with Crippen LogP contribution in [0.4, 0.5) is 0 Å². The lowest BCUT2D eigenvalue weighted by Crippen LogP contribution is -2.24.